The number of halogens is 1. The Balaban J connectivity index is 2.37. The lowest BCUT2D eigenvalue weighted by molar-refractivity contribution is -0.119. The number of rotatable bonds is 4. The zero-order valence-corrected chi connectivity index (χ0v) is 15.5. The van der Waals surface area contributed by atoms with Gasteiger partial charge in [0.1, 0.15) is 0 Å². The van der Waals surface area contributed by atoms with Crippen molar-refractivity contribution < 1.29 is 4.79 Å². The standard InChI is InChI=1S/C18H27BrN2O/c1-4-18(22)21(15-12-10-14(19)11-13-15)17-9-7-5-6-8-16(17)20(2)3/h10-13,16-17H,4-9H2,1-3H3. The molecule has 1 aromatic rings. The van der Waals surface area contributed by atoms with Crippen molar-refractivity contribution in [3.05, 3.63) is 28.7 Å². The molecular weight excluding hydrogens is 340 g/mol. The van der Waals surface area contributed by atoms with E-state index in [2.05, 4.69) is 52.0 Å². The average Bonchev–Trinajstić information content (AvgIpc) is 2.75. The Morgan fingerprint density at radius 2 is 1.68 bits per heavy atom. The number of anilines is 1. The summed E-state index contributed by atoms with van der Waals surface area (Å²) >= 11 is 3.48. The van der Waals surface area contributed by atoms with Crippen LogP contribution < -0.4 is 4.90 Å². The van der Waals surface area contributed by atoms with Gasteiger partial charge in [0, 0.05) is 22.6 Å². The Hall–Kier alpha value is -0.870. The molecule has 1 fully saturated rings. The van der Waals surface area contributed by atoms with Crippen LogP contribution in [0.2, 0.25) is 0 Å². The molecule has 0 aliphatic heterocycles. The van der Waals surface area contributed by atoms with Gasteiger partial charge in [0.15, 0.2) is 0 Å². The first-order valence-electron chi connectivity index (χ1n) is 8.28. The van der Waals surface area contributed by atoms with Crippen LogP contribution in [-0.4, -0.2) is 37.0 Å². The predicted molar refractivity (Wildman–Crippen MR) is 96.3 cm³/mol. The number of amides is 1. The molecule has 0 bridgehead atoms. The SMILES string of the molecule is CCC(=O)N(c1ccc(Br)cc1)C1CCCCCC1N(C)C. The molecule has 2 atom stereocenters. The highest BCUT2D eigenvalue weighted by molar-refractivity contribution is 9.10. The summed E-state index contributed by atoms with van der Waals surface area (Å²) < 4.78 is 1.05. The van der Waals surface area contributed by atoms with Crippen molar-refractivity contribution in [1.82, 2.24) is 4.90 Å². The minimum absolute atomic E-state index is 0.223. The lowest BCUT2D eigenvalue weighted by Gasteiger charge is -2.39. The van der Waals surface area contributed by atoms with E-state index in [1.807, 2.05) is 19.1 Å². The first-order valence-corrected chi connectivity index (χ1v) is 9.08. The van der Waals surface area contributed by atoms with E-state index < -0.39 is 0 Å². The maximum atomic E-state index is 12.7. The zero-order valence-electron chi connectivity index (χ0n) is 13.9. The molecule has 0 N–H and O–H groups in total. The summed E-state index contributed by atoms with van der Waals surface area (Å²) in [5.74, 6) is 0.223. The maximum absolute atomic E-state index is 12.7. The van der Waals surface area contributed by atoms with E-state index in [0.717, 1.165) is 16.6 Å². The van der Waals surface area contributed by atoms with Crippen LogP contribution in [0.15, 0.2) is 28.7 Å². The van der Waals surface area contributed by atoms with Crippen LogP contribution in [0.3, 0.4) is 0 Å². The fraction of sp³-hybridized carbons (Fsp3) is 0.611. The van der Waals surface area contributed by atoms with Crippen LogP contribution in [-0.2, 0) is 4.79 Å². The number of hydrogen-bond acceptors (Lipinski definition) is 2. The van der Waals surface area contributed by atoms with Crippen LogP contribution in [0, 0.1) is 0 Å². The molecule has 0 saturated heterocycles. The van der Waals surface area contributed by atoms with E-state index in [1.165, 1.54) is 25.7 Å². The molecule has 1 aromatic carbocycles. The highest BCUT2D eigenvalue weighted by Gasteiger charge is 2.33. The number of hydrogen-bond donors (Lipinski definition) is 0. The lowest BCUT2D eigenvalue weighted by Crippen LogP contribution is -2.51. The third-order valence-electron chi connectivity index (χ3n) is 4.61. The van der Waals surface area contributed by atoms with Gasteiger partial charge in [-0.15, -0.1) is 0 Å². The first kappa shape index (κ1) is 17.5. The minimum Gasteiger partial charge on any atom is -0.308 e. The molecule has 4 heteroatoms. The van der Waals surface area contributed by atoms with Crippen molar-refractivity contribution in [2.24, 2.45) is 0 Å². The second-order valence-electron chi connectivity index (χ2n) is 6.33. The van der Waals surface area contributed by atoms with E-state index in [1.54, 1.807) is 0 Å². The van der Waals surface area contributed by atoms with Gasteiger partial charge in [-0.1, -0.05) is 42.1 Å². The van der Waals surface area contributed by atoms with Gasteiger partial charge in [0.05, 0.1) is 6.04 Å². The summed E-state index contributed by atoms with van der Waals surface area (Å²) in [6.45, 7) is 1.95. The molecule has 1 aliphatic carbocycles. The molecule has 1 amide bonds. The van der Waals surface area contributed by atoms with Crippen LogP contribution in [0.1, 0.15) is 45.4 Å². The fourth-order valence-corrected chi connectivity index (χ4v) is 3.73. The molecule has 0 aromatic heterocycles. The third kappa shape index (κ3) is 4.11. The van der Waals surface area contributed by atoms with Gasteiger partial charge >= 0.3 is 0 Å². The summed E-state index contributed by atoms with van der Waals surface area (Å²) in [6, 6.07) is 8.84. The molecular formula is C18H27BrN2O. The second kappa shape index (κ2) is 8.11. The molecule has 2 unspecified atom stereocenters. The van der Waals surface area contributed by atoms with Crippen molar-refractivity contribution >= 4 is 27.5 Å². The van der Waals surface area contributed by atoms with E-state index in [-0.39, 0.29) is 11.9 Å². The monoisotopic (exact) mass is 366 g/mol. The van der Waals surface area contributed by atoms with Crippen molar-refractivity contribution in [3.63, 3.8) is 0 Å². The van der Waals surface area contributed by atoms with Crippen molar-refractivity contribution in [2.75, 3.05) is 19.0 Å². The normalized spacial score (nSPS) is 22.4. The second-order valence-corrected chi connectivity index (χ2v) is 7.25. The van der Waals surface area contributed by atoms with Crippen molar-refractivity contribution in [1.29, 1.82) is 0 Å². The predicted octanol–water partition coefficient (Wildman–Crippen LogP) is 4.46. The summed E-state index contributed by atoms with van der Waals surface area (Å²) in [7, 11) is 4.28. The molecule has 2 rings (SSSR count). The molecule has 1 saturated carbocycles. The molecule has 122 valence electrons. The molecule has 0 radical (unpaired) electrons. The highest BCUT2D eigenvalue weighted by Crippen LogP contribution is 2.30. The molecule has 1 aliphatic rings. The van der Waals surface area contributed by atoms with Gasteiger partial charge in [-0.25, -0.2) is 0 Å². The first-order chi connectivity index (χ1) is 10.5. The summed E-state index contributed by atoms with van der Waals surface area (Å²) in [6.07, 6.45) is 6.54. The Bertz CT molecular complexity index is 486. The van der Waals surface area contributed by atoms with E-state index in [4.69, 9.17) is 0 Å². The molecule has 3 nitrogen and oxygen atoms in total. The smallest absolute Gasteiger partial charge is 0.227 e. The van der Waals surface area contributed by atoms with E-state index in [9.17, 15) is 4.79 Å². The summed E-state index contributed by atoms with van der Waals surface area (Å²) in [4.78, 5) is 17.0. The number of carbonyl (C=O) groups excluding carboxylic acids is 1. The summed E-state index contributed by atoms with van der Waals surface area (Å²) in [5, 5.41) is 0. The lowest BCUT2D eigenvalue weighted by atomic mass is 9.99. The molecule has 0 heterocycles. The minimum atomic E-state index is 0.223. The van der Waals surface area contributed by atoms with Crippen LogP contribution in [0.5, 0.6) is 0 Å². The van der Waals surface area contributed by atoms with Gasteiger partial charge in [-0.05, 0) is 51.2 Å². The third-order valence-corrected chi connectivity index (χ3v) is 5.14. The molecule has 0 spiro atoms. The van der Waals surface area contributed by atoms with Gasteiger partial charge in [0.2, 0.25) is 5.91 Å². The highest BCUT2D eigenvalue weighted by atomic mass is 79.9. The Morgan fingerprint density at radius 1 is 1.09 bits per heavy atom. The maximum Gasteiger partial charge on any atom is 0.227 e. The van der Waals surface area contributed by atoms with E-state index >= 15 is 0 Å². The quantitative estimate of drug-likeness (QED) is 0.734. The van der Waals surface area contributed by atoms with Gasteiger partial charge in [-0.2, -0.15) is 0 Å². The van der Waals surface area contributed by atoms with Crippen LogP contribution >= 0.6 is 15.9 Å². The summed E-state index contributed by atoms with van der Waals surface area (Å²) in [5.41, 5.74) is 1.02. The number of benzene rings is 1. The molecule has 22 heavy (non-hydrogen) atoms. The van der Waals surface area contributed by atoms with Gasteiger partial charge in [-0.3, -0.25) is 4.79 Å². The average molecular weight is 367 g/mol. The number of likely N-dealkylation sites (N-methyl/N-ethyl adjacent to an activating group) is 1. The van der Waals surface area contributed by atoms with Gasteiger partial charge < -0.3 is 9.80 Å². The van der Waals surface area contributed by atoms with Crippen LogP contribution in [0.25, 0.3) is 0 Å². The Morgan fingerprint density at radius 3 is 2.23 bits per heavy atom. The topological polar surface area (TPSA) is 23.6 Å². The zero-order chi connectivity index (χ0) is 16.1. The van der Waals surface area contributed by atoms with E-state index in [0.29, 0.717) is 12.5 Å². The van der Waals surface area contributed by atoms with Crippen molar-refractivity contribution in [3.8, 4) is 0 Å². The van der Waals surface area contributed by atoms with Gasteiger partial charge in [0.25, 0.3) is 0 Å². The number of carbonyl (C=O) groups is 1. The Kier molecular flexibility index (Phi) is 6.45. The van der Waals surface area contributed by atoms with Crippen molar-refractivity contribution in [2.45, 2.75) is 57.5 Å². The number of nitrogens with zero attached hydrogens (tertiary/aromatic N) is 2. The largest absolute Gasteiger partial charge is 0.308 e. The Labute approximate surface area is 142 Å². The van der Waals surface area contributed by atoms with Crippen LogP contribution in [0.4, 0.5) is 5.69 Å². The fourth-order valence-electron chi connectivity index (χ4n) is 3.46.